The molecule has 0 aliphatic carbocycles. The number of carbonyl (C=O) groups is 1. The molecule has 2 rings (SSSR count). The van der Waals surface area contributed by atoms with E-state index in [1.54, 1.807) is 26.0 Å². The molecule has 0 fully saturated rings. The fraction of sp³-hybridized carbons (Fsp3) is 0.440. The van der Waals surface area contributed by atoms with Crippen LogP contribution < -0.4 is 10.6 Å². The normalized spacial score (nSPS) is 11.5. The number of benzene rings is 2. The fourth-order valence-corrected chi connectivity index (χ4v) is 3.16. The summed E-state index contributed by atoms with van der Waals surface area (Å²) in [4.78, 5) is 18.0. The monoisotopic (exact) mass is 536 g/mol. The molecule has 0 radical (unpaired) electrons. The van der Waals surface area contributed by atoms with Gasteiger partial charge in [0, 0.05) is 39.8 Å². The van der Waals surface area contributed by atoms with Crippen LogP contribution in [-0.2, 0) is 18.3 Å². The minimum absolute atomic E-state index is 0. The van der Waals surface area contributed by atoms with Gasteiger partial charge in [-0.05, 0) is 47.1 Å². The number of halogens is 1. The van der Waals surface area contributed by atoms with Gasteiger partial charge in [-0.1, -0.05) is 57.2 Å². The maximum Gasteiger partial charge on any atom is 0.253 e. The number of hydrogen-bond acceptors (Lipinski definition) is 2. The second-order valence-corrected chi connectivity index (χ2v) is 8.77. The molecule has 0 aliphatic rings. The van der Waals surface area contributed by atoms with Crippen molar-refractivity contribution in [2.24, 2.45) is 4.99 Å². The highest BCUT2D eigenvalue weighted by Crippen LogP contribution is 2.22. The lowest BCUT2D eigenvalue weighted by atomic mass is 9.86. The average Bonchev–Trinajstić information content (AvgIpc) is 2.72. The van der Waals surface area contributed by atoms with Gasteiger partial charge in [0.2, 0.25) is 0 Å². The predicted molar refractivity (Wildman–Crippen MR) is 142 cm³/mol. The van der Waals surface area contributed by atoms with E-state index >= 15 is 0 Å². The third-order valence-corrected chi connectivity index (χ3v) is 5.04. The summed E-state index contributed by atoms with van der Waals surface area (Å²) < 4.78 is 0. The summed E-state index contributed by atoms with van der Waals surface area (Å²) in [6.07, 6.45) is 1.77. The van der Waals surface area contributed by atoms with Crippen LogP contribution in [0.25, 0.3) is 0 Å². The molecule has 0 unspecified atom stereocenters. The average molecular weight is 537 g/mol. The van der Waals surface area contributed by atoms with Gasteiger partial charge in [-0.25, -0.2) is 0 Å². The highest BCUT2D eigenvalue weighted by Gasteiger charge is 2.12. The van der Waals surface area contributed by atoms with Gasteiger partial charge in [-0.3, -0.25) is 9.79 Å². The Bertz CT molecular complexity index is 855. The molecular weight excluding hydrogens is 499 g/mol. The van der Waals surface area contributed by atoms with E-state index in [1.165, 1.54) is 11.1 Å². The van der Waals surface area contributed by atoms with E-state index in [4.69, 9.17) is 0 Å². The molecule has 0 saturated heterocycles. The van der Waals surface area contributed by atoms with Gasteiger partial charge in [0.15, 0.2) is 5.96 Å². The summed E-state index contributed by atoms with van der Waals surface area (Å²) in [7, 11) is 5.32. The van der Waals surface area contributed by atoms with Crippen molar-refractivity contribution in [3.63, 3.8) is 0 Å². The number of hydrogen-bond donors (Lipinski definition) is 2. The summed E-state index contributed by atoms with van der Waals surface area (Å²) in [5, 5.41) is 6.72. The topological polar surface area (TPSA) is 56.7 Å². The fourth-order valence-electron chi connectivity index (χ4n) is 3.16. The van der Waals surface area contributed by atoms with E-state index in [1.807, 2.05) is 24.3 Å². The molecule has 2 N–H and O–H groups in total. The second kappa shape index (κ2) is 12.7. The summed E-state index contributed by atoms with van der Waals surface area (Å²) in [5.74, 6) is 0.819. The summed E-state index contributed by atoms with van der Waals surface area (Å²) in [6, 6.07) is 16.7. The van der Waals surface area contributed by atoms with Gasteiger partial charge in [-0.15, -0.1) is 24.0 Å². The van der Waals surface area contributed by atoms with Crippen molar-refractivity contribution in [2.45, 2.75) is 39.0 Å². The standard InChI is InChI=1S/C25H36N4O.HI/c1-25(2,3)22-12-10-19(11-13-22)14-16-27-24(26-4)28-17-15-20-8-7-9-21(18-20)23(30)29(5)6;/h7-13,18H,14-17H2,1-6H3,(H2,26,27,28);1H. The molecule has 1 amide bonds. The van der Waals surface area contributed by atoms with E-state index in [0.717, 1.165) is 43.0 Å². The molecule has 0 atom stereocenters. The number of rotatable bonds is 7. The number of nitrogens with zero attached hydrogens (tertiary/aromatic N) is 2. The maximum absolute atomic E-state index is 12.1. The van der Waals surface area contributed by atoms with Crippen LogP contribution in [0.2, 0.25) is 0 Å². The molecule has 0 saturated carbocycles. The van der Waals surface area contributed by atoms with Crippen molar-refractivity contribution in [3.8, 4) is 0 Å². The zero-order chi connectivity index (χ0) is 22.1. The largest absolute Gasteiger partial charge is 0.356 e. The summed E-state index contributed by atoms with van der Waals surface area (Å²) in [5.41, 5.74) is 4.70. The van der Waals surface area contributed by atoms with Crippen molar-refractivity contribution >= 4 is 35.8 Å². The zero-order valence-electron chi connectivity index (χ0n) is 19.7. The van der Waals surface area contributed by atoms with Crippen molar-refractivity contribution in [1.82, 2.24) is 15.5 Å². The van der Waals surface area contributed by atoms with E-state index in [9.17, 15) is 4.79 Å². The van der Waals surface area contributed by atoms with Gasteiger partial charge in [0.05, 0.1) is 0 Å². The summed E-state index contributed by atoms with van der Waals surface area (Å²) >= 11 is 0. The van der Waals surface area contributed by atoms with Crippen LogP contribution in [-0.4, -0.2) is 51.0 Å². The Kier molecular flexibility index (Phi) is 11.0. The third-order valence-electron chi connectivity index (χ3n) is 5.04. The molecule has 0 aliphatic heterocycles. The quantitative estimate of drug-likeness (QED) is 0.316. The third kappa shape index (κ3) is 8.89. The van der Waals surface area contributed by atoms with E-state index < -0.39 is 0 Å². The second-order valence-electron chi connectivity index (χ2n) is 8.77. The van der Waals surface area contributed by atoms with Crippen molar-refractivity contribution in [3.05, 3.63) is 70.8 Å². The molecule has 31 heavy (non-hydrogen) atoms. The van der Waals surface area contributed by atoms with Crippen molar-refractivity contribution in [1.29, 1.82) is 0 Å². The zero-order valence-corrected chi connectivity index (χ0v) is 22.0. The van der Waals surface area contributed by atoms with E-state index in [2.05, 4.69) is 60.7 Å². The highest BCUT2D eigenvalue weighted by molar-refractivity contribution is 14.0. The van der Waals surface area contributed by atoms with Crippen LogP contribution in [0.5, 0.6) is 0 Å². The van der Waals surface area contributed by atoms with Crippen LogP contribution in [0.4, 0.5) is 0 Å². The van der Waals surface area contributed by atoms with Crippen LogP contribution >= 0.6 is 24.0 Å². The van der Waals surface area contributed by atoms with Gasteiger partial charge < -0.3 is 15.5 Å². The minimum Gasteiger partial charge on any atom is -0.356 e. The number of guanidine groups is 1. The number of carbonyl (C=O) groups excluding carboxylic acids is 1. The first-order valence-electron chi connectivity index (χ1n) is 10.5. The molecule has 2 aromatic rings. The minimum atomic E-state index is 0. The Morgan fingerprint density at radius 1 is 0.935 bits per heavy atom. The molecular formula is C25H37IN4O. The maximum atomic E-state index is 12.1. The Morgan fingerprint density at radius 3 is 2.03 bits per heavy atom. The van der Waals surface area contributed by atoms with E-state index in [-0.39, 0.29) is 35.3 Å². The lowest BCUT2D eigenvalue weighted by molar-refractivity contribution is 0.0827. The smallest absolute Gasteiger partial charge is 0.253 e. The molecule has 0 spiro atoms. The van der Waals surface area contributed by atoms with Crippen LogP contribution in [0.15, 0.2) is 53.5 Å². The molecule has 2 aromatic carbocycles. The lowest BCUT2D eigenvalue weighted by Crippen LogP contribution is -2.39. The Balaban J connectivity index is 0.00000480. The molecule has 0 aromatic heterocycles. The first-order valence-corrected chi connectivity index (χ1v) is 10.5. The predicted octanol–water partition coefficient (Wildman–Crippen LogP) is 4.25. The number of nitrogens with one attached hydrogen (secondary N) is 2. The van der Waals surface area contributed by atoms with Crippen LogP contribution in [0.3, 0.4) is 0 Å². The van der Waals surface area contributed by atoms with Gasteiger partial charge >= 0.3 is 0 Å². The Hall–Kier alpha value is -2.09. The van der Waals surface area contributed by atoms with Crippen molar-refractivity contribution < 1.29 is 4.79 Å². The van der Waals surface area contributed by atoms with Crippen molar-refractivity contribution in [2.75, 3.05) is 34.2 Å². The SMILES string of the molecule is CN=C(NCCc1ccc(C(C)(C)C)cc1)NCCc1cccc(C(=O)N(C)C)c1.I. The van der Waals surface area contributed by atoms with Gasteiger partial charge in [-0.2, -0.15) is 0 Å². The molecule has 0 heterocycles. The van der Waals surface area contributed by atoms with Crippen LogP contribution in [0.1, 0.15) is 47.8 Å². The number of amides is 1. The summed E-state index contributed by atoms with van der Waals surface area (Å²) in [6.45, 7) is 8.27. The van der Waals surface area contributed by atoms with Crippen LogP contribution in [0, 0.1) is 0 Å². The van der Waals surface area contributed by atoms with E-state index in [0.29, 0.717) is 0 Å². The molecule has 5 nitrogen and oxygen atoms in total. The molecule has 0 bridgehead atoms. The molecule has 170 valence electrons. The number of aliphatic imine (C=N–C) groups is 1. The Labute approximate surface area is 204 Å². The first kappa shape index (κ1) is 26.9. The van der Waals surface area contributed by atoms with Gasteiger partial charge in [0.1, 0.15) is 0 Å². The first-order chi connectivity index (χ1) is 14.2. The highest BCUT2D eigenvalue weighted by atomic mass is 127. The lowest BCUT2D eigenvalue weighted by Gasteiger charge is -2.19. The Morgan fingerprint density at radius 2 is 1.52 bits per heavy atom. The molecule has 6 heteroatoms. The van der Waals surface area contributed by atoms with Gasteiger partial charge in [0.25, 0.3) is 5.91 Å².